The molecule has 134 valence electrons. The van der Waals surface area contributed by atoms with E-state index in [-0.39, 0.29) is 5.91 Å². The van der Waals surface area contributed by atoms with Crippen molar-refractivity contribution >= 4 is 5.91 Å². The zero-order valence-corrected chi connectivity index (χ0v) is 15.0. The van der Waals surface area contributed by atoms with Gasteiger partial charge in [0.05, 0.1) is 0 Å². The number of amides is 1. The summed E-state index contributed by atoms with van der Waals surface area (Å²) >= 11 is 0. The van der Waals surface area contributed by atoms with E-state index < -0.39 is 0 Å². The molecule has 0 atom stereocenters. The van der Waals surface area contributed by atoms with E-state index in [0.29, 0.717) is 13.0 Å². The monoisotopic (exact) mass is 347 g/mol. The minimum Gasteiger partial charge on any atom is -0.356 e. The average Bonchev–Trinajstić information content (AvgIpc) is 3.10. The molecule has 4 heteroatoms. The Hall–Kier alpha value is -2.88. The van der Waals surface area contributed by atoms with Crippen LogP contribution in [0, 0.1) is 0 Å². The second-order valence-corrected chi connectivity index (χ2v) is 6.40. The average molecular weight is 347 g/mol. The molecule has 1 aromatic heterocycles. The molecule has 4 nitrogen and oxygen atoms in total. The third-order valence-corrected chi connectivity index (χ3v) is 4.38. The second kappa shape index (κ2) is 9.56. The molecule has 0 aliphatic rings. The number of carbonyl (C=O) groups is 1. The molecule has 1 heterocycles. The minimum atomic E-state index is 0.113. The fourth-order valence-corrected chi connectivity index (χ4v) is 2.99. The van der Waals surface area contributed by atoms with Gasteiger partial charge in [-0.1, -0.05) is 60.7 Å². The first-order valence-corrected chi connectivity index (χ1v) is 9.16. The lowest BCUT2D eigenvalue weighted by Gasteiger charge is -2.09. The quantitative estimate of drug-likeness (QED) is 0.643. The first-order chi connectivity index (χ1) is 12.8. The van der Waals surface area contributed by atoms with Gasteiger partial charge in [-0.3, -0.25) is 4.79 Å². The number of hydrogen-bond donors (Lipinski definition) is 1. The van der Waals surface area contributed by atoms with Gasteiger partial charge in [0, 0.05) is 38.3 Å². The molecule has 1 amide bonds. The van der Waals surface area contributed by atoms with Crippen LogP contribution in [0.5, 0.6) is 0 Å². The van der Waals surface area contributed by atoms with Gasteiger partial charge in [0.1, 0.15) is 5.82 Å². The molecule has 0 bridgehead atoms. The highest BCUT2D eigenvalue weighted by Gasteiger charge is 2.06. The van der Waals surface area contributed by atoms with Crippen molar-refractivity contribution in [3.05, 3.63) is 90.0 Å². The Bertz CT molecular complexity index is 797. The van der Waals surface area contributed by atoms with Crippen molar-refractivity contribution in [1.29, 1.82) is 0 Å². The highest BCUT2D eigenvalue weighted by molar-refractivity contribution is 5.75. The standard InChI is InChI=1S/C22H25N3O/c26-22(13-7-12-19-8-3-1-4-9-19)24-15-14-21-23-16-17-25(21)18-20-10-5-2-6-11-20/h1-6,8-11,16-17H,7,12-15,18H2,(H,24,26). The van der Waals surface area contributed by atoms with Crippen LogP contribution in [0.25, 0.3) is 0 Å². The van der Waals surface area contributed by atoms with Crippen LogP contribution >= 0.6 is 0 Å². The molecule has 0 radical (unpaired) electrons. The maximum atomic E-state index is 12.0. The van der Waals surface area contributed by atoms with Crippen LogP contribution in [0.3, 0.4) is 0 Å². The lowest BCUT2D eigenvalue weighted by molar-refractivity contribution is -0.121. The Morgan fingerprint density at radius 3 is 2.35 bits per heavy atom. The molecule has 3 aromatic rings. The Kier molecular flexibility index (Phi) is 6.59. The van der Waals surface area contributed by atoms with E-state index in [2.05, 4.69) is 39.1 Å². The fraction of sp³-hybridized carbons (Fsp3) is 0.273. The zero-order valence-electron chi connectivity index (χ0n) is 15.0. The fourth-order valence-electron chi connectivity index (χ4n) is 2.99. The molecule has 1 N–H and O–H groups in total. The first-order valence-electron chi connectivity index (χ1n) is 9.16. The van der Waals surface area contributed by atoms with Gasteiger partial charge in [-0.05, 0) is 24.0 Å². The number of nitrogens with zero attached hydrogens (tertiary/aromatic N) is 2. The summed E-state index contributed by atoms with van der Waals surface area (Å²) in [6.07, 6.45) is 6.93. The third kappa shape index (κ3) is 5.59. The lowest BCUT2D eigenvalue weighted by atomic mass is 10.1. The normalized spacial score (nSPS) is 10.6. The number of imidazole rings is 1. The van der Waals surface area contributed by atoms with Gasteiger partial charge in [0.25, 0.3) is 0 Å². The molecule has 0 saturated carbocycles. The number of hydrogen-bond acceptors (Lipinski definition) is 2. The van der Waals surface area contributed by atoms with E-state index in [1.807, 2.05) is 48.8 Å². The van der Waals surface area contributed by atoms with Crippen LogP contribution in [-0.2, 0) is 24.2 Å². The predicted octanol–water partition coefficient (Wildman–Crippen LogP) is 3.61. The van der Waals surface area contributed by atoms with Crippen LogP contribution in [0.4, 0.5) is 0 Å². The van der Waals surface area contributed by atoms with Crippen LogP contribution in [0.15, 0.2) is 73.1 Å². The molecule has 26 heavy (non-hydrogen) atoms. The summed E-state index contributed by atoms with van der Waals surface area (Å²) in [5.41, 5.74) is 2.53. The van der Waals surface area contributed by atoms with Crippen molar-refractivity contribution in [2.24, 2.45) is 0 Å². The molecule has 0 aliphatic carbocycles. The number of aryl methyl sites for hydroxylation is 1. The van der Waals surface area contributed by atoms with E-state index in [9.17, 15) is 4.79 Å². The van der Waals surface area contributed by atoms with Crippen molar-refractivity contribution in [3.63, 3.8) is 0 Å². The van der Waals surface area contributed by atoms with Gasteiger partial charge in [-0.15, -0.1) is 0 Å². The molecule has 0 unspecified atom stereocenters. The van der Waals surface area contributed by atoms with Gasteiger partial charge in [0.15, 0.2) is 0 Å². The Balaban J connectivity index is 1.38. The molecule has 3 rings (SSSR count). The zero-order chi connectivity index (χ0) is 18.0. The summed E-state index contributed by atoms with van der Waals surface area (Å²) in [5, 5.41) is 3.01. The van der Waals surface area contributed by atoms with Crippen LogP contribution in [0.2, 0.25) is 0 Å². The van der Waals surface area contributed by atoms with Gasteiger partial charge >= 0.3 is 0 Å². The Morgan fingerprint density at radius 2 is 1.62 bits per heavy atom. The summed E-state index contributed by atoms with van der Waals surface area (Å²) in [7, 11) is 0. The summed E-state index contributed by atoms with van der Waals surface area (Å²) < 4.78 is 2.14. The molecular weight excluding hydrogens is 322 g/mol. The van der Waals surface area contributed by atoms with Gasteiger partial charge in [-0.25, -0.2) is 4.98 Å². The minimum absolute atomic E-state index is 0.113. The van der Waals surface area contributed by atoms with Crippen molar-refractivity contribution in [2.45, 2.75) is 32.2 Å². The van der Waals surface area contributed by atoms with Crippen LogP contribution in [-0.4, -0.2) is 22.0 Å². The number of carbonyl (C=O) groups excluding carboxylic acids is 1. The maximum Gasteiger partial charge on any atom is 0.220 e. The van der Waals surface area contributed by atoms with E-state index in [1.54, 1.807) is 0 Å². The smallest absolute Gasteiger partial charge is 0.220 e. The van der Waals surface area contributed by atoms with E-state index in [0.717, 1.165) is 31.6 Å². The van der Waals surface area contributed by atoms with Crippen molar-refractivity contribution in [3.8, 4) is 0 Å². The van der Waals surface area contributed by atoms with Crippen molar-refractivity contribution < 1.29 is 4.79 Å². The van der Waals surface area contributed by atoms with E-state index in [4.69, 9.17) is 0 Å². The molecule has 2 aromatic carbocycles. The number of rotatable bonds is 9. The summed E-state index contributed by atoms with van der Waals surface area (Å²) in [4.78, 5) is 16.4. The van der Waals surface area contributed by atoms with Crippen molar-refractivity contribution in [1.82, 2.24) is 14.9 Å². The molecule has 0 saturated heterocycles. The second-order valence-electron chi connectivity index (χ2n) is 6.40. The van der Waals surface area contributed by atoms with E-state index >= 15 is 0 Å². The highest BCUT2D eigenvalue weighted by atomic mass is 16.1. The predicted molar refractivity (Wildman–Crippen MR) is 104 cm³/mol. The molecular formula is C22H25N3O. The summed E-state index contributed by atoms with van der Waals surface area (Å²) in [6.45, 7) is 1.43. The van der Waals surface area contributed by atoms with Gasteiger partial charge in [0.2, 0.25) is 5.91 Å². The molecule has 0 aliphatic heterocycles. The van der Waals surface area contributed by atoms with Crippen molar-refractivity contribution in [2.75, 3.05) is 6.54 Å². The first kappa shape index (κ1) is 17.9. The Morgan fingerprint density at radius 1 is 0.923 bits per heavy atom. The largest absolute Gasteiger partial charge is 0.356 e. The van der Waals surface area contributed by atoms with Gasteiger partial charge < -0.3 is 9.88 Å². The summed E-state index contributed by atoms with van der Waals surface area (Å²) in [6, 6.07) is 20.6. The van der Waals surface area contributed by atoms with Crippen LogP contribution in [0.1, 0.15) is 29.8 Å². The number of benzene rings is 2. The highest BCUT2D eigenvalue weighted by Crippen LogP contribution is 2.06. The Labute approximate surface area is 154 Å². The SMILES string of the molecule is O=C(CCCc1ccccc1)NCCc1nccn1Cc1ccccc1. The molecule has 0 spiro atoms. The van der Waals surface area contributed by atoms with Gasteiger partial charge in [-0.2, -0.15) is 0 Å². The van der Waals surface area contributed by atoms with E-state index in [1.165, 1.54) is 11.1 Å². The number of aromatic nitrogens is 2. The topological polar surface area (TPSA) is 46.9 Å². The summed E-state index contributed by atoms with van der Waals surface area (Å²) in [5.74, 6) is 1.11. The maximum absolute atomic E-state index is 12.0. The third-order valence-electron chi connectivity index (χ3n) is 4.38. The number of nitrogens with one attached hydrogen (secondary N) is 1. The molecule has 0 fully saturated rings. The van der Waals surface area contributed by atoms with Crippen LogP contribution < -0.4 is 5.32 Å². The lowest BCUT2D eigenvalue weighted by Crippen LogP contribution is -2.26.